The molecule has 2 aliphatic rings. The van der Waals surface area contributed by atoms with Gasteiger partial charge in [0.2, 0.25) is 11.8 Å². The van der Waals surface area contributed by atoms with E-state index < -0.39 is 23.9 Å². The molecular weight excluding hydrogens is 586 g/mol. The van der Waals surface area contributed by atoms with E-state index in [1.54, 1.807) is 78.9 Å². The van der Waals surface area contributed by atoms with Crippen LogP contribution in [-0.2, 0) is 27.5 Å². The van der Waals surface area contributed by atoms with Gasteiger partial charge in [0.25, 0.3) is 5.91 Å². The van der Waals surface area contributed by atoms with Crippen molar-refractivity contribution >= 4 is 41.1 Å². The molecular formula is C33H26ClN3O7. The zero-order chi connectivity index (χ0) is 30.6. The van der Waals surface area contributed by atoms with Crippen molar-refractivity contribution in [3.8, 4) is 23.0 Å². The van der Waals surface area contributed by atoms with Crippen LogP contribution < -0.4 is 20.1 Å². The number of nitrogens with one attached hydrogen (secondary N) is 2. The van der Waals surface area contributed by atoms with Crippen LogP contribution in [0.25, 0.3) is 0 Å². The lowest BCUT2D eigenvalue weighted by molar-refractivity contribution is -0.136. The standard InChI is InChI=1S/C33H26ClN3O7/c34-25-8-4-5-9-27(25)43-24-14-12-22(13-15-24)35-33(41)42-19-21-11-10-20-18-37(26-16-17-28(38)36-31(26)39)32(40)29(20)30(21)44-23-6-2-1-3-7-23/h1-15,26H,16-19H2,(H,35,41)(H,36,38,39). The maximum absolute atomic E-state index is 13.7. The van der Waals surface area contributed by atoms with Crippen LogP contribution in [0.3, 0.4) is 0 Å². The Bertz CT molecular complexity index is 1740. The van der Waals surface area contributed by atoms with Crippen LogP contribution in [0.1, 0.15) is 34.3 Å². The zero-order valence-corrected chi connectivity index (χ0v) is 24.0. The average molecular weight is 612 g/mol. The first-order valence-electron chi connectivity index (χ1n) is 13.8. The number of amides is 4. The van der Waals surface area contributed by atoms with Crippen LogP contribution in [0, 0.1) is 0 Å². The van der Waals surface area contributed by atoms with Crippen LogP contribution in [0.2, 0.25) is 5.02 Å². The maximum Gasteiger partial charge on any atom is 0.411 e. The molecule has 0 aromatic heterocycles. The number of imide groups is 1. The van der Waals surface area contributed by atoms with Crippen molar-refractivity contribution in [2.45, 2.75) is 32.0 Å². The minimum absolute atomic E-state index is 0.148. The summed E-state index contributed by atoms with van der Waals surface area (Å²) >= 11 is 6.15. The third-order valence-electron chi connectivity index (χ3n) is 7.21. The predicted molar refractivity (Wildman–Crippen MR) is 161 cm³/mol. The summed E-state index contributed by atoms with van der Waals surface area (Å²) in [5, 5.41) is 5.46. The first kappa shape index (κ1) is 28.8. The number of fused-ring (bicyclic) bond motifs is 1. The molecule has 6 rings (SSSR count). The van der Waals surface area contributed by atoms with Gasteiger partial charge in [-0.3, -0.25) is 25.0 Å². The molecule has 4 aromatic rings. The minimum atomic E-state index is -0.774. The van der Waals surface area contributed by atoms with E-state index in [0.717, 1.165) is 0 Å². The highest BCUT2D eigenvalue weighted by Gasteiger charge is 2.41. The Balaban J connectivity index is 1.17. The van der Waals surface area contributed by atoms with Gasteiger partial charge < -0.3 is 19.1 Å². The summed E-state index contributed by atoms with van der Waals surface area (Å²) in [6.45, 7) is -0.00984. The molecule has 0 saturated carbocycles. The van der Waals surface area contributed by atoms with E-state index in [-0.39, 0.29) is 43.2 Å². The Morgan fingerprint density at radius 3 is 2.36 bits per heavy atom. The predicted octanol–water partition coefficient (Wildman–Crippen LogP) is 6.43. The van der Waals surface area contributed by atoms with Gasteiger partial charge in [-0.15, -0.1) is 0 Å². The minimum Gasteiger partial charge on any atom is -0.456 e. The quantitative estimate of drug-likeness (QED) is 0.220. The second-order valence-electron chi connectivity index (χ2n) is 10.2. The van der Waals surface area contributed by atoms with Crippen molar-refractivity contribution in [3.05, 3.63) is 113 Å². The van der Waals surface area contributed by atoms with E-state index >= 15 is 0 Å². The first-order chi connectivity index (χ1) is 21.4. The van der Waals surface area contributed by atoms with Crippen molar-refractivity contribution in [1.82, 2.24) is 10.2 Å². The average Bonchev–Trinajstić information content (AvgIpc) is 3.35. The Morgan fingerprint density at radius 2 is 1.61 bits per heavy atom. The number of nitrogens with zero attached hydrogens (tertiary/aromatic N) is 1. The number of carbonyl (C=O) groups is 4. The number of rotatable bonds is 8. The van der Waals surface area contributed by atoms with E-state index in [4.69, 9.17) is 25.8 Å². The summed E-state index contributed by atoms with van der Waals surface area (Å²) in [5.41, 5.74) is 1.89. The van der Waals surface area contributed by atoms with Crippen molar-refractivity contribution in [2.75, 3.05) is 5.32 Å². The molecule has 2 heterocycles. The highest BCUT2D eigenvalue weighted by Crippen LogP contribution is 2.39. The number of piperidine rings is 1. The summed E-state index contributed by atoms with van der Waals surface area (Å²) in [6, 6.07) is 25.4. The summed E-state index contributed by atoms with van der Waals surface area (Å²) in [5.74, 6) is 0.509. The van der Waals surface area contributed by atoms with Crippen LogP contribution >= 0.6 is 11.6 Å². The number of halogens is 1. The van der Waals surface area contributed by atoms with Gasteiger partial charge in [0.1, 0.15) is 35.6 Å². The van der Waals surface area contributed by atoms with E-state index in [0.29, 0.717) is 39.1 Å². The molecule has 222 valence electrons. The molecule has 1 atom stereocenters. The normalized spacial score (nSPS) is 15.8. The molecule has 2 N–H and O–H groups in total. The number of ether oxygens (including phenoxy) is 3. The molecule has 4 amide bonds. The molecule has 0 bridgehead atoms. The lowest BCUT2D eigenvalue weighted by atomic mass is 10.0. The lowest BCUT2D eigenvalue weighted by Crippen LogP contribution is -2.52. The molecule has 4 aromatic carbocycles. The number of hydrogen-bond acceptors (Lipinski definition) is 7. The zero-order valence-electron chi connectivity index (χ0n) is 23.2. The van der Waals surface area contributed by atoms with Crippen LogP contribution in [0.5, 0.6) is 23.0 Å². The van der Waals surface area contributed by atoms with Crippen molar-refractivity contribution < 1.29 is 33.4 Å². The van der Waals surface area contributed by atoms with E-state index in [1.807, 2.05) is 12.1 Å². The number of benzene rings is 4. The summed E-state index contributed by atoms with van der Waals surface area (Å²) < 4.78 is 17.5. The Kier molecular flexibility index (Phi) is 8.16. The topological polar surface area (TPSA) is 123 Å². The van der Waals surface area contributed by atoms with E-state index in [2.05, 4.69) is 10.6 Å². The highest BCUT2D eigenvalue weighted by molar-refractivity contribution is 6.32. The smallest absolute Gasteiger partial charge is 0.411 e. The summed E-state index contributed by atoms with van der Waals surface area (Å²) in [6.07, 6.45) is -0.329. The SMILES string of the molecule is O=C1CCC(N2Cc3ccc(COC(=O)Nc4ccc(Oc5ccccc5Cl)cc4)c(Oc4ccccc4)c3C2=O)C(=O)N1. The molecule has 11 heteroatoms. The number of carbonyl (C=O) groups excluding carboxylic acids is 4. The fourth-order valence-corrected chi connectivity index (χ4v) is 5.23. The fraction of sp³-hybridized carbons (Fsp3) is 0.152. The largest absolute Gasteiger partial charge is 0.456 e. The van der Waals surface area contributed by atoms with Gasteiger partial charge in [-0.2, -0.15) is 0 Å². The molecule has 1 fully saturated rings. The second kappa shape index (κ2) is 12.5. The van der Waals surface area contributed by atoms with E-state index in [1.165, 1.54) is 4.90 Å². The lowest BCUT2D eigenvalue weighted by Gasteiger charge is -2.29. The first-order valence-corrected chi connectivity index (χ1v) is 14.2. The fourth-order valence-electron chi connectivity index (χ4n) is 5.06. The molecule has 0 aliphatic carbocycles. The Morgan fingerprint density at radius 1 is 0.886 bits per heavy atom. The van der Waals surface area contributed by atoms with Crippen molar-refractivity contribution in [2.24, 2.45) is 0 Å². The van der Waals surface area contributed by atoms with Gasteiger partial charge in [0.15, 0.2) is 0 Å². The Labute approximate surface area is 257 Å². The maximum atomic E-state index is 13.7. The van der Waals surface area contributed by atoms with Crippen LogP contribution in [-0.4, -0.2) is 34.8 Å². The third-order valence-corrected chi connectivity index (χ3v) is 7.53. The monoisotopic (exact) mass is 611 g/mol. The van der Waals surface area contributed by atoms with Gasteiger partial charge in [-0.1, -0.05) is 54.1 Å². The summed E-state index contributed by atoms with van der Waals surface area (Å²) in [4.78, 5) is 52.0. The molecule has 2 aliphatic heterocycles. The molecule has 10 nitrogen and oxygen atoms in total. The van der Waals surface area contributed by atoms with Gasteiger partial charge in [0, 0.05) is 24.2 Å². The molecule has 0 spiro atoms. The van der Waals surface area contributed by atoms with Crippen molar-refractivity contribution in [3.63, 3.8) is 0 Å². The Hall–Kier alpha value is -5.35. The molecule has 1 saturated heterocycles. The second-order valence-corrected chi connectivity index (χ2v) is 10.6. The number of para-hydroxylation sites is 2. The van der Waals surface area contributed by atoms with Gasteiger partial charge in [-0.25, -0.2) is 4.79 Å². The van der Waals surface area contributed by atoms with Crippen LogP contribution in [0.4, 0.5) is 10.5 Å². The summed E-state index contributed by atoms with van der Waals surface area (Å²) in [7, 11) is 0. The molecule has 44 heavy (non-hydrogen) atoms. The number of anilines is 1. The van der Waals surface area contributed by atoms with E-state index in [9.17, 15) is 19.2 Å². The van der Waals surface area contributed by atoms with Crippen molar-refractivity contribution in [1.29, 1.82) is 0 Å². The van der Waals surface area contributed by atoms with Crippen LogP contribution in [0.15, 0.2) is 91.0 Å². The van der Waals surface area contributed by atoms with Gasteiger partial charge in [0.05, 0.1) is 10.6 Å². The van der Waals surface area contributed by atoms with Gasteiger partial charge in [-0.05, 0) is 60.5 Å². The number of hydrogen-bond donors (Lipinski definition) is 2. The highest BCUT2D eigenvalue weighted by atomic mass is 35.5. The molecule has 1 unspecified atom stereocenters. The molecule has 0 radical (unpaired) electrons. The third kappa shape index (κ3) is 6.20. The van der Waals surface area contributed by atoms with Gasteiger partial charge >= 0.3 is 6.09 Å².